The summed E-state index contributed by atoms with van der Waals surface area (Å²) < 4.78 is 39.0. The summed E-state index contributed by atoms with van der Waals surface area (Å²) in [6, 6.07) is 16.0. The summed E-state index contributed by atoms with van der Waals surface area (Å²) in [7, 11) is 0. The van der Waals surface area contributed by atoms with Crippen LogP contribution in [0.5, 0.6) is 0 Å². The van der Waals surface area contributed by atoms with Crippen molar-refractivity contribution in [1.29, 1.82) is 0 Å². The van der Waals surface area contributed by atoms with E-state index < -0.39 is 17.8 Å². The number of urea groups is 1. The normalized spacial score (nSPS) is 12.0. The number of amides is 2. The summed E-state index contributed by atoms with van der Waals surface area (Å²) in [6.07, 6.45) is -4.58. The van der Waals surface area contributed by atoms with Crippen molar-refractivity contribution in [2.45, 2.75) is 20.0 Å². The van der Waals surface area contributed by atoms with Crippen molar-refractivity contribution in [3.8, 4) is 11.3 Å². The number of fused-ring (bicyclic) bond motifs is 1. The number of nitrogens with zero attached hydrogens (tertiary/aromatic N) is 1. The molecule has 0 unspecified atom stereocenters. The molecule has 0 aromatic heterocycles. The van der Waals surface area contributed by atoms with Gasteiger partial charge in [0.05, 0.1) is 33.2 Å². The number of benzene rings is 2. The van der Waals surface area contributed by atoms with Crippen molar-refractivity contribution in [1.82, 2.24) is 4.98 Å². The summed E-state index contributed by atoms with van der Waals surface area (Å²) in [6.45, 7) is 3.55. The zero-order chi connectivity index (χ0) is 26.0. The molecule has 1 aliphatic heterocycles. The van der Waals surface area contributed by atoms with Gasteiger partial charge in [-0.2, -0.15) is 13.2 Å². The van der Waals surface area contributed by atoms with Gasteiger partial charge >= 0.3 is 12.2 Å². The number of aromatic nitrogens is 1. The molecule has 0 bridgehead atoms. The highest BCUT2D eigenvalue weighted by Gasteiger charge is 2.31. The number of aromatic amines is 1. The third-order valence-corrected chi connectivity index (χ3v) is 5.77. The summed E-state index contributed by atoms with van der Waals surface area (Å²) in [5, 5.41) is 4.87. The smallest absolute Gasteiger partial charge is 0.321 e. The zero-order valence-corrected chi connectivity index (χ0v) is 19.9. The largest absolute Gasteiger partial charge is 0.416 e. The molecule has 0 saturated heterocycles. The molecule has 10 heteroatoms. The molecule has 0 saturated carbocycles. The first kappa shape index (κ1) is 25.0. The molecular formula is C26H20ClF3N4O2. The minimum atomic E-state index is -4.58. The van der Waals surface area contributed by atoms with E-state index in [1.807, 2.05) is 31.2 Å². The third-order valence-electron chi connectivity index (χ3n) is 5.44. The van der Waals surface area contributed by atoms with Crippen LogP contribution in [-0.4, -0.2) is 16.7 Å². The molecular weight excluding hydrogens is 493 g/mol. The van der Waals surface area contributed by atoms with E-state index in [1.165, 1.54) is 0 Å². The van der Waals surface area contributed by atoms with Crippen LogP contribution in [0.4, 0.5) is 35.0 Å². The summed E-state index contributed by atoms with van der Waals surface area (Å²) >= 11 is 5.95. The van der Waals surface area contributed by atoms with Gasteiger partial charge in [-0.15, -0.1) is 0 Å². The molecule has 2 aliphatic rings. The van der Waals surface area contributed by atoms with Gasteiger partial charge in [-0.05, 0) is 55.8 Å². The van der Waals surface area contributed by atoms with Crippen LogP contribution < -0.4 is 16.2 Å². The van der Waals surface area contributed by atoms with E-state index in [-0.39, 0.29) is 16.3 Å². The number of hydrogen-bond acceptors (Lipinski definition) is 3. The highest BCUT2D eigenvalue weighted by Crippen LogP contribution is 2.34. The standard InChI is InChI=1S/C26H20ClF3N4O2/c1-14-8-10-17(32-25(36)34-22-12-16(26(28,29)30)9-11-19(22)27)13-21(14)31-15(2)23-18-6-4-3-5-7-20(18)33-24(23)35/h3-13H,1-2H3,(H,33,35)(H2,32,34,36). The fraction of sp³-hybridized carbons (Fsp3) is 0.115. The number of carbonyl (C=O) groups is 1. The maximum atomic E-state index is 13.0. The van der Waals surface area contributed by atoms with Crippen molar-refractivity contribution in [2.75, 3.05) is 10.6 Å². The number of aryl methyl sites for hydroxylation is 1. The lowest BCUT2D eigenvalue weighted by molar-refractivity contribution is -0.137. The number of aliphatic imine (C=N–C) groups is 1. The number of anilines is 2. The van der Waals surface area contributed by atoms with E-state index in [0.29, 0.717) is 28.3 Å². The van der Waals surface area contributed by atoms with E-state index in [2.05, 4.69) is 20.6 Å². The Labute approximate surface area is 209 Å². The van der Waals surface area contributed by atoms with Crippen LogP contribution in [0.15, 0.2) is 76.5 Å². The number of H-pyrrole nitrogens is 1. The molecule has 2 aromatic carbocycles. The van der Waals surface area contributed by atoms with Crippen molar-refractivity contribution in [3.05, 3.63) is 98.8 Å². The molecule has 0 fully saturated rings. The Morgan fingerprint density at radius 2 is 1.75 bits per heavy atom. The lowest BCUT2D eigenvalue weighted by Gasteiger charge is -2.13. The lowest BCUT2D eigenvalue weighted by atomic mass is 10.1. The molecule has 1 aliphatic carbocycles. The molecule has 2 amide bonds. The van der Waals surface area contributed by atoms with E-state index >= 15 is 0 Å². The van der Waals surface area contributed by atoms with Gasteiger partial charge in [-0.3, -0.25) is 9.79 Å². The van der Waals surface area contributed by atoms with Crippen LogP contribution >= 0.6 is 11.6 Å². The first-order valence-electron chi connectivity index (χ1n) is 10.7. The van der Waals surface area contributed by atoms with Gasteiger partial charge in [-0.25, -0.2) is 4.79 Å². The number of rotatable bonds is 4. The molecule has 6 nitrogen and oxygen atoms in total. The van der Waals surface area contributed by atoms with Crippen LogP contribution in [0.1, 0.15) is 23.6 Å². The molecule has 36 heavy (non-hydrogen) atoms. The lowest BCUT2D eigenvalue weighted by Crippen LogP contribution is -2.20. The Morgan fingerprint density at radius 1 is 1.00 bits per heavy atom. The molecule has 2 aromatic rings. The Bertz CT molecular complexity index is 1510. The summed E-state index contributed by atoms with van der Waals surface area (Å²) in [5.74, 6) is 0. The highest BCUT2D eigenvalue weighted by molar-refractivity contribution is 6.33. The average molecular weight is 513 g/mol. The molecule has 0 spiro atoms. The van der Waals surface area contributed by atoms with Crippen molar-refractivity contribution in [3.63, 3.8) is 0 Å². The fourth-order valence-corrected chi connectivity index (χ4v) is 3.83. The number of halogens is 4. The van der Waals surface area contributed by atoms with Gasteiger partial charge in [0.25, 0.3) is 5.56 Å². The van der Waals surface area contributed by atoms with Crippen LogP contribution in [0.2, 0.25) is 5.02 Å². The van der Waals surface area contributed by atoms with E-state index in [1.54, 1.807) is 31.2 Å². The Balaban J connectivity index is 1.58. The molecule has 4 rings (SSSR count). The number of alkyl halides is 3. The highest BCUT2D eigenvalue weighted by atomic mass is 35.5. The van der Waals surface area contributed by atoms with Crippen molar-refractivity contribution in [2.24, 2.45) is 4.99 Å². The average Bonchev–Trinajstić information content (AvgIpc) is 2.95. The first-order valence-corrected chi connectivity index (χ1v) is 11.1. The minimum absolute atomic E-state index is 0.0384. The van der Waals surface area contributed by atoms with E-state index in [4.69, 9.17) is 11.6 Å². The van der Waals surface area contributed by atoms with Crippen molar-refractivity contribution >= 4 is 40.4 Å². The number of hydrogen-bond donors (Lipinski definition) is 3. The van der Waals surface area contributed by atoms with Gasteiger partial charge in [0.15, 0.2) is 0 Å². The third kappa shape index (κ3) is 5.41. The summed E-state index contributed by atoms with van der Waals surface area (Å²) in [4.78, 5) is 32.5. The van der Waals surface area contributed by atoms with Crippen LogP contribution in [0.25, 0.3) is 11.3 Å². The topological polar surface area (TPSA) is 86.3 Å². The van der Waals surface area contributed by atoms with Gasteiger partial charge < -0.3 is 15.6 Å². The van der Waals surface area contributed by atoms with Crippen LogP contribution in [0, 0.1) is 6.92 Å². The second-order valence-electron chi connectivity index (χ2n) is 8.04. The predicted molar refractivity (Wildman–Crippen MR) is 136 cm³/mol. The molecule has 1 heterocycles. The number of nitrogens with one attached hydrogen (secondary N) is 3. The molecule has 0 atom stereocenters. The zero-order valence-electron chi connectivity index (χ0n) is 19.1. The summed E-state index contributed by atoms with van der Waals surface area (Å²) in [5.41, 5.74) is 2.61. The molecule has 184 valence electrons. The Kier molecular flexibility index (Phi) is 6.85. The number of carbonyl (C=O) groups excluding carboxylic acids is 1. The van der Waals surface area contributed by atoms with Crippen molar-refractivity contribution < 1.29 is 18.0 Å². The fourth-order valence-electron chi connectivity index (χ4n) is 3.67. The quantitative estimate of drug-likeness (QED) is 0.252. The SMILES string of the molecule is CC(=Nc1cc(NC(=O)Nc2cc(C(F)(F)F)ccc2Cl)ccc1C)c1c2cccccc-2[nH]c1=O. The predicted octanol–water partition coefficient (Wildman–Crippen LogP) is 7.25. The Hall–Kier alpha value is -4.11. The minimum Gasteiger partial charge on any atom is -0.321 e. The molecule has 3 N–H and O–H groups in total. The van der Waals surface area contributed by atoms with E-state index in [0.717, 1.165) is 29.3 Å². The van der Waals surface area contributed by atoms with E-state index in [9.17, 15) is 22.8 Å². The van der Waals surface area contributed by atoms with Gasteiger partial charge in [-0.1, -0.05) is 41.9 Å². The maximum Gasteiger partial charge on any atom is 0.416 e. The monoisotopic (exact) mass is 512 g/mol. The molecule has 0 radical (unpaired) electrons. The van der Waals surface area contributed by atoms with Gasteiger partial charge in [0, 0.05) is 16.9 Å². The van der Waals surface area contributed by atoms with Crippen LogP contribution in [-0.2, 0) is 6.18 Å². The van der Waals surface area contributed by atoms with Crippen LogP contribution in [0.3, 0.4) is 0 Å². The van der Waals surface area contributed by atoms with Gasteiger partial charge in [0.1, 0.15) is 0 Å². The maximum absolute atomic E-state index is 13.0. The Morgan fingerprint density at radius 3 is 2.50 bits per heavy atom. The van der Waals surface area contributed by atoms with Gasteiger partial charge in [0.2, 0.25) is 0 Å². The first-order chi connectivity index (χ1) is 17.0. The second kappa shape index (κ2) is 9.87. The second-order valence-corrected chi connectivity index (χ2v) is 8.44.